The van der Waals surface area contributed by atoms with Gasteiger partial charge in [0.1, 0.15) is 11.1 Å². The number of carbonyl (C=O) groups is 1. The van der Waals surface area contributed by atoms with Crippen LogP contribution in [0, 0.1) is 0 Å². The van der Waals surface area contributed by atoms with Gasteiger partial charge in [0, 0.05) is 19.2 Å². The van der Waals surface area contributed by atoms with Crippen molar-refractivity contribution in [3.05, 3.63) is 17.3 Å². The van der Waals surface area contributed by atoms with Gasteiger partial charge in [-0.1, -0.05) is 11.6 Å². The van der Waals surface area contributed by atoms with E-state index in [-0.39, 0.29) is 23.1 Å². The first kappa shape index (κ1) is 13.0. The molecular formula is C9H9ClFN3O3S. The zero-order valence-electron chi connectivity index (χ0n) is 9.01. The molecule has 0 radical (unpaired) electrons. The normalized spacial score (nSPS) is 20.4. The van der Waals surface area contributed by atoms with Crippen molar-refractivity contribution in [2.75, 3.05) is 17.2 Å². The molecule has 1 amide bonds. The molecule has 1 fully saturated rings. The number of carbonyl (C=O) groups excluding carboxylic acids is 1. The van der Waals surface area contributed by atoms with Gasteiger partial charge in [0.05, 0.1) is 10.7 Å². The van der Waals surface area contributed by atoms with Gasteiger partial charge in [-0.25, -0.2) is 4.98 Å². The second-order valence-corrected chi connectivity index (χ2v) is 5.92. The van der Waals surface area contributed by atoms with Gasteiger partial charge in [-0.05, 0) is 6.07 Å². The number of pyridine rings is 1. The van der Waals surface area contributed by atoms with Crippen molar-refractivity contribution in [2.24, 2.45) is 0 Å². The van der Waals surface area contributed by atoms with Gasteiger partial charge in [0.2, 0.25) is 5.91 Å². The van der Waals surface area contributed by atoms with E-state index in [9.17, 15) is 17.1 Å². The molecular weight excluding hydrogens is 285 g/mol. The summed E-state index contributed by atoms with van der Waals surface area (Å²) in [6.07, 6.45) is 0.884. The van der Waals surface area contributed by atoms with E-state index in [4.69, 9.17) is 17.3 Å². The highest BCUT2D eigenvalue weighted by atomic mass is 35.5. The molecule has 1 atom stereocenters. The summed E-state index contributed by atoms with van der Waals surface area (Å²) in [7, 11) is -4.76. The highest BCUT2D eigenvalue weighted by Gasteiger charge is 2.39. The Morgan fingerprint density at radius 3 is 2.78 bits per heavy atom. The number of aromatic nitrogens is 1. The average molecular weight is 294 g/mol. The molecule has 2 N–H and O–H groups in total. The fraction of sp³-hybridized carbons (Fsp3) is 0.333. The van der Waals surface area contributed by atoms with Gasteiger partial charge >= 0.3 is 10.2 Å². The Bertz CT molecular complexity index is 607. The predicted octanol–water partition coefficient (Wildman–Crippen LogP) is 0.722. The van der Waals surface area contributed by atoms with Gasteiger partial charge in [-0.3, -0.25) is 4.79 Å². The third-order valence-electron chi connectivity index (χ3n) is 2.64. The largest absolute Gasteiger partial charge is 0.382 e. The molecule has 0 spiro atoms. The Kier molecular flexibility index (Phi) is 3.16. The van der Waals surface area contributed by atoms with Crippen molar-refractivity contribution in [2.45, 2.75) is 11.7 Å². The molecule has 0 bridgehead atoms. The Hall–Kier alpha value is -1.41. The quantitative estimate of drug-likeness (QED) is 0.811. The lowest BCUT2D eigenvalue weighted by Crippen LogP contribution is -2.27. The average Bonchev–Trinajstić information content (AvgIpc) is 2.64. The van der Waals surface area contributed by atoms with Crippen LogP contribution in [0.4, 0.5) is 15.4 Å². The molecule has 0 aromatic carbocycles. The summed E-state index contributed by atoms with van der Waals surface area (Å²) in [4.78, 5) is 16.5. The lowest BCUT2D eigenvalue weighted by atomic mass is 10.3. The second-order valence-electron chi connectivity index (χ2n) is 3.86. The van der Waals surface area contributed by atoms with Crippen LogP contribution in [0.15, 0.2) is 12.3 Å². The monoisotopic (exact) mass is 293 g/mol. The van der Waals surface area contributed by atoms with Gasteiger partial charge < -0.3 is 10.6 Å². The summed E-state index contributed by atoms with van der Waals surface area (Å²) in [5.74, 6) is -0.498. The molecule has 1 saturated heterocycles. The lowest BCUT2D eigenvalue weighted by molar-refractivity contribution is -0.117. The molecule has 6 nitrogen and oxygen atoms in total. The topological polar surface area (TPSA) is 93.4 Å². The smallest absolute Gasteiger partial charge is 0.307 e. The molecule has 1 aliphatic rings. The highest BCUT2D eigenvalue weighted by Crippen LogP contribution is 2.30. The number of nitrogens with two attached hydrogens (primary N) is 1. The minimum absolute atomic E-state index is 0.0321. The van der Waals surface area contributed by atoms with E-state index >= 15 is 0 Å². The van der Waals surface area contributed by atoms with E-state index in [1.54, 1.807) is 0 Å². The number of anilines is 2. The number of amides is 1. The first-order chi connectivity index (χ1) is 8.29. The maximum absolute atomic E-state index is 12.9. The summed E-state index contributed by atoms with van der Waals surface area (Å²) in [6.45, 7) is -0.288. The minimum Gasteiger partial charge on any atom is -0.382 e. The fourth-order valence-corrected chi connectivity index (χ4v) is 2.57. The summed E-state index contributed by atoms with van der Waals surface area (Å²) in [5.41, 5.74) is 5.77. The van der Waals surface area contributed by atoms with Crippen LogP contribution in [0.3, 0.4) is 0 Å². The summed E-state index contributed by atoms with van der Waals surface area (Å²) >= 11 is 5.72. The molecule has 0 saturated carbocycles. The molecule has 1 aromatic rings. The molecule has 2 heterocycles. The number of nitrogens with zero attached hydrogens (tertiary/aromatic N) is 2. The Balaban J connectivity index is 2.35. The molecule has 1 aromatic heterocycles. The maximum Gasteiger partial charge on any atom is 0.307 e. The third kappa shape index (κ3) is 2.39. The van der Waals surface area contributed by atoms with E-state index in [0.29, 0.717) is 0 Å². The molecule has 0 aliphatic carbocycles. The third-order valence-corrected chi connectivity index (χ3v) is 3.96. The number of nitrogen functional groups attached to an aromatic ring is 1. The number of rotatable bonds is 2. The summed E-state index contributed by atoms with van der Waals surface area (Å²) < 4.78 is 34.4. The lowest BCUT2D eigenvalue weighted by Gasteiger charge is -2.17. The van der Waals surface area contributed by atoms with Crippen molar-refractivity contribution in [3.63, 3.8) is 0 Å². The van der Waals surface area contributed by atoms with Crippen molar-refractivity contribution < 1.29 is 17.1 Å². The van der Waals surface area contributed by atoms with Crippen LogP contribution in [0.25, 0.3) is 0 Å². The Labute approximate surface area is 108 Å². The van der Waals surface area contributed by atoms with Crippen molar-refractivity contribution >= 4 is 39.2 Å². The SMILES string of the molecule is Nc1ncc(Cl)cc1N1CC(S(=O)(=O)F)CC1=O. The maximum atomic E-state index is 12.9. The van der Waals surface area contributed by atoms with Gasteiger partial charge in [0.15, 0.2) is 0 Å². The molecule has 2 rings (SSSR count). The molecule has 18 heavy (non-hydrogen) atoms. The number of hydrogen-bond acceptors (Lipinski definition) is 5. The standard InChI is InChI=1S/C9H9ClFN3O3S/c10-5-1-7(9(12)13-3-5)14-4-6(2-8(14)15)18(11,16)17/h1,3,6H,2,4H2,(H2,12,13). The van der Waals surface area contributed by atoms with E-state index in [0.717, 1.165) is 4.90 Å². The van der Waals surface area contributed by atoms with Crippen molar-refractivity contribution in [1.29, 1.82) is 0 Å². The zero-order chi connectivity index (χ0) is 13.5. The summed E-state index contributed by atoms with van der Waals surface area (Å²) in [6, 6.07) is 1.38. The van der Waals surface area contributed by atoms with Crippen LogP contribution in [0.5, 0.6) is 0 Å². The van der Waals surface area contributed by atoms with Crippen LogP contribution in [0.2, 0.25) is 5.02 Å². The van der Waals surface area contributed by atoms with Gasteiger partial charge in [-0.2, -0.15) is 8.42 Å². The number of hydrogen-bond donors (Lipinski definition) is 1. The zero-order valence-corrected chi connectivity index (χ0v) is 10.6. The molecule has 1 unspecified atom stereocenters. The Morgan fingerprint density at radius 2 is 2.22 bits per heavy atom. The van der Waals surface area contributed by atoms with Crippen LogP contribution in [-0.4, -0.2) is 31.1 Å². The van der Waals surface area contributed by atoms with E-state index in [1.807, 2.05) is 0 Å². The van der Waals surface area contributed by atoms with E-state index in [2.05, 4.69) is 4.98 Å². The minimum atomic E-state index is -4.76. The molecule has 9 heteroatoms. The van der Waals surface area contributed by atoms with Crippen LogP contribution in [-0.2, 0) is 15.0 Å². The van der Waals surface area contributed by atoms with Crippen LogP contribution >= 0.6 is 11.6 Å². The highest BCUT2D eigenvalue weighted by molar-refractivity contribution is 7.87. The van der Waals surface area contributed by atoms with Gasteiger partial charge in [-0.15, -0.1) is 3.89 Å². The molecule has 98 valence electrons. The van der Waals surface area contributed by atoms with E-state index < -0.39 is 27.8 Å². The first-order valence-corrected chi connectivity index (χ1v) is 6.76. The van der Waals surface area contributed by atoms with Crippen LogP contribution < -0.4 is 10.6 Å². The van der Waals surface area contributed by atoms with Gasteiger partial charge in [0.25, 0.3) is 0 Å². The Morgan fingerprint density at radius 1 is 1.56 bits per heavy atom. The summed E-state index contributed by atoms with van der Waals surface area (Å²) in [5, 5.41) is -1.12. The predicted molar refractivity (Wildman–Crippen MR) is 64.4 cm³/mol. The number of halogens is 2. The first-order valence-electron chi connectivity index (χ1n) is 4.94. The molecule has 1 aliphatic heterocycles. The van der Waals surface area contributed by atoms with Crippen molar-refractivity contribution in [3.8, 4) is 0 Å². The van der Waals surface area contributed by atoms with Crippen molar-refractivity contribution in [1.82, 2.24) is 4.98 Å². The second kappa shape index (κ2) is 4.36. The van der Waals surface area contributed by atoms with E-state index in [1.165, 1.54) is 12.3 Å². The van der Waals surface area contributed by atoms with Crippen LogP contribution in [0.1, 0.15) is 6.42 Å². The fourth-order valence-electron chi connectivity index (χ4n) is 1.75.